The minimum absolute atomic E-state index is 0.0194. The number of carbonyl (C=O) groups is 1. The molecule has 1 atom stereocenters. The predicted molar refractivity (Wildman–Crippen MR) is 85.8 cm³/mol. The summed E-state index contributed by atoms with van der Waals surface area (Å²) in [6.45, 7) is 3.41. The van der Waals surface area contributed by atoms with E-state index in [0.29, 0.717) is 19.8 Å². The van der Waals surface area contributed by atoms with Crippen molar-refractivity contribution in [2.24, 2.45) is 0 Å². The van der Waals surface area contributed by atoms with Gasteiger partial charge < -0.3 is 10.1 Å². The summed E-state index contributed by atoms with van der Waals surface area (Å²) in [7, 11) is 0. The van der Waals surface area contributed by atoms with Crippen molar-refractivity contribution in [1.82, 2.24) is 15.2 Å². The molecule has 3 rings (SSSR count). The Labute approximate surface area is 133 Å². The molecule has 0 radical (unpaired) electrons. The molecule has 1 aromatic heterocycles. The van der Waals surface area contributed by atoms with Gasteiger partial charge in [0.15, 0.2) is 0 Å². The van der Waals surface area contributed by atoms with E-state index in [1.807, 2.05) is 35.7 Å². The van der Waals surface area contributed by atoms with Crippen molar-refractivity contribution >= 4 is 17.2 Å². The minimum Gasteiger partial charge on any atom is -0.379 e. The number of hydrogen-bond donors (Lipinski definition) is 1. The van der Waals surface area contributed by atoms with E-state index in [9.17, 15) is 4.79 Å². The zero-order valence-electron chi connectivity index (χ0n) is 12.3. The number of nitrogens with zero attached hydrogens (tertiary/aromatic N) is 2. The number of rotatable bonds is 5. The Morgan fingerprint density at radius 2 is 2.09 bits per heavy atom. The number of thiazole rings is 1. The Balaban J connectivity index is 1.69. The Bertz CT molecular complexity index is 583. The van der Waals surface area contributed by atoms with Crippen LogP contribution in [-0.4, -0.2) is 48.6 Å². The molecule has 1 aliphatic heterocycles. The van der Waals surface area contributed by atoms with Crippen LogP contribution in [0.5, 0.6) is 0 Å². The Hall–Kier alpha value is -1.76. The third-order valence-electron chi connectivity index (χ3n) is 3.61. The lowest BCUT2D eigenvalue weighted by Crippen LogP contribution is -2.44. The molecular weight excluding hydrogens is 298 g/mol. The topological polar surface area (TPSA) is 54.5 Å². The molecular formula is C16H19N3O2S. The molecule has 0 aliphatic carbocycles. The van der Waals surface area contributed by atoms with Crippen LogP contribution in [0.1, 0.15) is 16.6 Å². The van der Waals surface area contributed by atoms with Gasteiger partial charge in [-0.1, -0.05) is 30.3 Å². The summed E-state index contributed by atoms with van der Waals surface area (Å²) in [5.74, 6) is 0.0194. The Kier molecular flexibility index (Phi) is 5.15. The van der Waals surface area contributed by atoms with Crippen LogP contribution < -0.4 is 5.32 Å². The van der Waals surface area contributed by atoms with Crippen molar-refractivity contribution in [3.63, 3.8) is 0 Å². The van der Waals surface area contributed by atoms with E-state index in [-0.39, 0.29) is 11.9 Å². The molecule has 2 aromatic rings. The summed E-state index contributed by atoms with van der Waals surface area (Å²) in [5, 5.41) is 5.94. The molecule has 116 valence electrons. The largest absolute Gasteiger partial charge is 0.379 e. The summed E-state index contributed by atoms with van der Waals surface area (Å²) >= 11 is 1.55. The fourth-order valence-corrected chi connectivity index (χ4v) is 3.19. The van der Waals surface area contributed by atoms with E-state index in [1.54, 1.807) is 17.5 Å². The maximum absolute atomic E-state index is 12.4. The van der Waals surface area contributed by atoms with Crippen LogP contribution >= 0.6 is 11.3 Å². The normalized spacial score (nSPS) is 17.1. The molecule has 0 saturated carbocycles. The van der Waals surface area contributed by atoms with Crippen molar-refractivity contribution in [2.45, 2.75) is 6.04 Å². The van der Waals surface area contributed by atoms with Crippen LogP contribution in [0.3, 0.4) is 0 Å². The smallest absolute Gasteiger partial charge is 0.235 e. The van der Waals surface area contributed by atoms with E-state index in [0.717, 1.165) is 23.7 Å². The summed E-state index contributed by atoms with van der Waals surface area (Å²) in [4.78, 5) is 18.9. The molecule has 1 unspecified atom stereocenters. The standard InChI is InChI=1S/C16H19N3O2S/c20-14(12-19-7-9-21-10-8-19)18-15(16-17-6-11-22-16)13-4-2-1-3-5-13/h1-6,11,15H,7-10,12H2,(H,18,20). The average Bonchev–Trinajstić information content (AvgIpc) is 3.08. The summed E-state index contributed by atoms with van der Waals surface area (Å²) in [6, 6.07) is 9.77. The highest BCUT2D eigenvalue weighted by atomic mass is 32.1. The average molecular weight is 317 g/mol. The number of amides is 1. The summed E-state index contributed by atoms with van der Waals surface area (Å²) in [6.07, 6.45) is 1.77. The number of hydrogen-bond acceptors (Lipinski definition) is 5. The van der Waals surface area contributed by atoms with Gasteiger partial charge in [0.2, 0.25) is 5.91 Å². The van der Waals surface area contributed by atoms with Gasteiger partial charge in [-0.3, -0.25) is 9.69 Å². The first kappa shape index (κ1) is 15.1. The maximum atomic E-state index is 12.4. The van der Waals surface area contributed by atoms with Crippen LogP contribution in [-0.2, 0) is 9.53 Å². The van der Waals surface area contributed by atoms with Gasteiger partial charge in [0.05, 0.1) is 19.8 Å². The second-order valence-electron chi connectivity index (χ2n) is 5.17. The number of morpholine rings is 1. The van der Waals surface area contributed by atoms with E-state index in [1.165, 1.54) is 0 Å². The third-order valence-corrected chi connectivity index (χ3v) is 4.45. The molecule has 5 nitrogen and oxygen atoms in total. The molecule has 1 aliphatic rings. The van der Waals surface area contributed by atoms with Gasteiger partial charge in [-0.15, -0.1) is 11.3 Å². The molecule has 22 heavy (non-hydrogen) atoms. The Morgan fingerprint density at radius 3 is 2.77 bits per heavy atom. The number of benzene rings is 1. The number of nitrogens with one attached hydrogen (secondary N) is 1. The summed E-state index contributed by atoms with van der Waals surface area (Å²) < 4.78 is 5.31. The first-order chi connectivity index (χ1) is 10.8. The highest BCUT2D eigenvalue weighted by molar-refractivity contribution is 7.09. The molecule has 1 N–H and O–H groups in total. The fraction of sp³-hybridized carbons (Fsp3) is 0.375. The molecule has 6 heteroatoms. The van der Waals surface area contributed by atoms with Crippen molar-refractivity contribution in [2.75, 3.05) is 32.8 Å². The van der Waals surface area contributed by atoms with Crippen LogP contribution in [0.15, 0.2) is 41.9 Å². The van der Waals surface area contributed by atoms with Gasteiger partial charge in [0.1, 0.15) is 11.0 Å². The zero-order valence-corrected chi connectivity index (χ0v) is 13.1. The van der Waals surface area contributed by atoms with E-state index >= 15 is 0 Å². The van der Waals surface area contributed by atoms with Crippen molar-refractivity contribution in [1.29, 1.82) is 0 Å². The van der Waals surface area contributed by atoms with Crippen LogP contribution in [0.25, 0.3) is 0 Å². The highest BCUT2D eigenvalue weighted by Crippen LogP contribution is 2.23. The third kappa shape index (κ3) is 3.91. The van der Waals surface area contributed by atoms with Gasteiger partial charge in [-0.05, 0) is 5.56 Å². The predicted octanol–water partition coefficient (Wildman–Crippen LogP) is 1.68. The molecule has 1 aromatic carbocycles. The highest BCUT2D eigenvalue weighted by Gasteiger charge is 2.21. The molecule has 1 fully saturated rings. The number of carbonyl (C=O) groups excluding carboxylic acids is 1. The van der Waals surface area contributed by atoms with Crippen LogP contribution in [0.2, 0.25) is 0 Å². The van der Waals surface area contributed by atoms with Gasteiger partial charge in [0.25, 0.3) is 0 Å². The lowest BCUT2D eigenvalue weighted by molar-refractivity contribution is -0.123. The first-order valence-electron chi connectivity index (χ1n) is 7.37. The van der Waals surface area contributed by atoms with Crippen molar-refractivity contribution < 1.29 is 9.53 Å². The second kappa shape index (κ2) is 7.49. The quantitative estimate of drug-likeness (QED) is 0.912. The van der Waals surface area contributed by atoms with Crippen molar-refractivity contribution in [3.05, 3.63) is 52.5 Å². The lowest BCUT2D eigenvalue weighted by atomic mass is 10.1. The van der Waals surface area contributed by atoms with Gasteiger partial charge in [-0.2, -0.15) is 0 Å². The van der Waals surface area contributed by atoms with Crippen LogP contribution in [0.4, 0.5) is 0 Å². The zero-order chi connectivity index (χ0) is 15.2. The minimum atomic E-state index is -0.185. The SMILES string of the molecule is O=C(CN1CCOCC1)NC(c1ccccc1)c1nccs1. The number of aromatic nitrogens is 1. The van der Waals surface area contributed by atoms with Crippen molar-refractivity contribution in [3.8, 4) is 0 Å². The number of ether oxygens (including phenoxy) is 1. The van der Waals surface area contributed by atoms with Gasteiger partial charge >= 0.3 is 0 Å². The Morgan fingerprint density at radius 1 is 1.32 bits per heavy atom. The molecule has 2 heterocycles. The van der Waals surface area contributed by atoms with Gasteiger partial charge in [0, 0.05) is 24.7 Å². The summed E-state index contributed by atoms with van der Waals surface area (Å²) in [5.41, 5.74) is 1.05. The molecule has 1 amide bonds. The maximum Gasteiger partial charge on any atom is 0.235 e. The lowest BCUT2D eigenvalue weighted by Gasteiger charge is -2.26. The van der Waals surface area contributed by atoms with E-state index < -0.39 is 0 Å². The fourth-order valence-electron chi connectivity index (χ4n) is 2.48. The molecule has 0 bridgehead atoms. The second-order valence-corrected chi connectivity index (χ2v) is 6.10. The molecule has 1 saturated heterocycles. The van der Waals surface area contributed by atoms with E-state index in [2.05, 4.69) is 15.2 Å². The van der Waals surface area contributed by atoms with Crippen LogP contribution in [0, 0.1) is 0 Å². The monoisotopic (exact) mass is 317 g/mol. The molecule has 0 spiro atoms. The first-order valence-corrected chi connectivity index (χ1v) is 8.25. The van der Waals surface area contributed by atoms with Gasteiger partial charge in [-0.25, -0.2) is 4.98 Å². The van der Waals surface area contributed by atoms with E-state index in [4.69, 9.17) is 4.74 Å².